The zero-order valence-corrected chi connectivity index (χ0v) is 8.62. The second-order valence-electron chi connectivity index (χ2n) is 3.36. The van der Waals surface area contributed by atoms with Gasteiger partial charge in [0, 0.05) is 12.2 Å². The molecule has 0 aromatic heterocycles. The summed E-state index contributed by atoms with van der Waals surface area (Å²) in [6.07, 6.45) is 3.43. The standard InChI is InChI=1S/C7H13NO2S2/c1-12(9,10)6-3-2-5(4-6)7(8)11/h5-6H,2-4H2,1H3,(H2,8,11). The van der Waals surface area contributed by atoms with Crippen molar-refractivity contribution in [1.29, 1.82) is 0 Å². The fourth-order valence-corrected chi connectivity index (χ4v) is 2.95. The molecule has 3 nitrogen and oxygen atoms in total. The zero-order valence-electron chi connectivity index (χ0n) is 6.99. The van der Waals surface area contributed by atoms with E-state index >= 15 is 0 Å². The minimum absolute atomic E-state index is 0.139. The molecule has 0 bridgehead atoms. The molecular weight excluding hydrogens is 194 g/mol. The molecule has 70 valence electrons. The summed E-state index contributed by atoms with van der Waals surface area (Å²) in [6.45, 7) is 0. The molecule has 0 radical (unpaired) electrons. The average molecular weight is 207 g/mol. The predicted octanol–water partition coefficient (Wildman–Crippen LogP) is 0.486. The van der Waals surface area contributed by atoms with Crippen molar-refractivity contribution in [2.24, 2.45) is 11.7 Å². The minimum atomic E-state index is -2.88. The first-order valence-electron chi connectivity index (χ1n) is 3.89. The van der Waals surface area contributed by atoms with Crippen LogP contribution in [0, 0.1) is 5.92 Å². The van der Waals surface area contributed by atoms with Gasteiger partial charge in [0.25, 0.3) is 0 Å². The van der Waals surface area contributed by atoms with E-state index in [1.165, 1.54) is 6.26 Å². The van der Waals surface area contributed by atoms with Crippen LogP contribution in [0.1, 0.15) is 19.3 Å². The van der Waals surface area contributed by atoms with Crippen LogP contribution in [0.5, 0.6) is 0 Å². The van der Waals surface area contributed by atoms with Crippen molar-refractivity contribution >= 4 is 27.0 Å². The van der Waals surface area contributed by atoms with Gasteiger partial charge in [0.05, 0.1) is 10.2 Å². The molecule has 5 heteroatoms. The molecule has 0 heterocycles. The Labute approximate surface area is 78.2 Å². The van der Waals surface area contributed by atoms with Crippen LogP contribution in [-0.4, -0.2) is 24.9 Å². The third kappa shape index (κ3) is 2.17. The van der Waals surface area contributed by atoms with Crippen molar-refractivity contribution in [3.8, 4) is 0 Å². The first-order chi connectivity index (χ1) is 5.41. The van der Waals surface area contributed by atoms with Gasteiger partial charge in [-0.2, -0.15) is 0 Å². The minimum Gasteiger partial charge on any atom is -0.393 e. The van der Waals surface area contributed by atoms with E-state index in [1.54, 1.807) is 0 Å². The number of hydrogen-bond donors (Lipinski definition) is 1. The molecule has 1 saturated carbocycles. The number of sulfone groups is 1. The Morgan fingerprint density at radius 3 is 2.33 bits per heavy atom. The van der Waals surface area contributed by atoms with Crippen molar-refractivity contribution < 1.29 is 8.42 Å². The summed E-state index contributed by atoms with van der Waals surface area (Å²) in [5, 5.41) is -0.219. The second kappa shape index (κ2) is 3.30. The topological polar surface area (TPSA) is 60.2 Å². The molecule has 0 aromatic carbocycles. The van der Waals surface area contributed by atoms with Gasteiger partial charge in [0.15, 0.2) is 0 Å². The SMILES string of the molecule is CS(=O)(=O)C1CCC(C(N)=S)C1. The summed E-state index contributed by atoms with van der Waals surface area (Å²) in [5.41, 5.74) is 5.44. The number of rotatable bonds is 2. The molecule has 1 aliphatic rings. The molecule has 0 amide bonds. The largest absolute Gasteiger partial charge is 0.393 e. The number of hydrogen-bond acceptors (Lipinski definition) is 3. The van der Waals surface area contributed by atoms with Crippen LogP contribution in [-0.2, 0) is 9.84 Å². The molecule has 1 rings (SSSR count). The Morgan fingerprint density at radius 1 is 1.50 bits per heavy atom. The van der Waals surface area contributed by atoms with Crippen molar-refractivity contribution in [3.63, 3.8) is 0 Å². The van der Waals surface area contributed by atoms with Crippen molar-refractivity contribution in [2.75, 3.05) is 6.26 Å². The monoisotopic (exact) mass is 207 g/mol. The lowest BCUT2D eigenvalue weighted by Crippen LogP contribution is -2.21. The van der Waals surface area contributed by atoms with Gasteiger partial charge in [-0.1, -0.05) is 12.2 Å². The lowest BCUT2D eigenvalue weighted by molar-refractivity contribution is 0.584. The van der Waals surface area contributed by atoms with E-state index in [2.05, 4.69) is 0 Å². The molecule has 2 atom stereocenters. The van der Waals surface area contributed by atoms with Crippen LogP contribution in [0.2, 0.25) is 0 Å². The third-order valence-corrected chi connectivity index (χ3v) is 4.36. The molecule has 1 fully saturated rings. The van der Waals surface area contributed by atoms with E-state index < -0.39 is 9.84 Å². The zero-order chi connectivity index (χ0) is 9.35. The molecule has 0 spiro atoms. The van der Waals surface area contributed by atoms with Crippen molar-refractivity contribution in [2.45, 2.75) is 24.5 Å². The van der Waals surface area contributed by atoms with Crippen molar-refractivity contribution in [1.82, 2.24) is 0 Å². The summed E-state index contributed by atoms with van der Waals surface area (Å²) in [6, 6.07) is 0. The van der Waals surface area contributed by atoms with E-state index in [1.807, 2.05) is 0 Å². The maximum absolute atomic E-state index is 11.1. The highest BCUT2D eigenvalue weighted by atomic mass is 32.2. The van der Waals surface area contributed by atoms with Gasteiger partial charge in [-0.25, -0.2) is 8.42 Å². The number of thiocarbonyl (C=S) groups is 1. The van der Waals surface area contributed by atoms with Gasteiger partial charge in [0.1, 0.15) is 9.84 Å². The normalized spacial score (nSPS) is 30.4. The van der Waals surface area contributed by atoms with E-state index in [9.17, 15) is 8.42 Å². The molecule has 2 unspecified atom stereocenters. The average Bonchev–Trinajstić information content (AvgIpc) is 2.30. The van der Waals surface area contributed by atoms with Crippen molar-refractivity contribution in [3.05, 3.63) is 0 Å². The predicted molar refractivity (Wildman–Crippen MR) is 52.8 cm³/mol. The Balaban J connectivity index is 2.64. The van der Waals surface area contributed by atoms with Crippen LogP contribution in [0.15, 0.2) is 0 Å². The highest BCUT2D eigenvalue weighted by Crippen LogP contribution is 2.30. The van der Waals surface area contributed by atoms with Gasteiger partial charge in [-0.05, 0) is 19.3 Å². The second-order valence-corrected chi connectivity index (χ2v) is 6.16. The smallest absolute Gasteiger partial charge is 0.150 e. The highest BCUT2D eigenvalue weighted by molar-refractivity contribution is 7.91. The van der Waals surface area contributed by atoms with E-state index in [0.717, 1.165) is 6.42 Å². The van der Waals surface area contributed by atoms with Crippen LogP contribution in [0.3, 0.4) is 0 Å². The molecule has 0 saturated heterocycles. The molecule has 2 N–H and O–H groups in total. The quantitative estimate of drug-likeness (QED) is 0.669. The maximum atomic E-state index is 11.1. The fourth-order valence-electron chi connectivity index (χ4n) is 1.59. The lowest BCUT2D eigenvalue weighted by atomic mass is 10.1. The van der Waals surface area contributed by atoms with E-state index in [0.29, 0.717) is 17.8 Å². The maximum Gasteiger partial charge on any atom is 0.150 e. The molecule has 0 aliphatic heterocycles. The van der Waals surface area contributed by atoms with Crippen LogP contribution in [0.25, 0.3) is 0 Å². The van der Waals surface area contributed by atoms with Gasteiger partial charge in [-0.15, -0.1) is 0 Å². The summed E-state index contributed by atoms with van der Waals surface area (Å²) >= 11 is 4.81. The van der Waals surface area contributed by atoms with Gasteiger partial charge in [0.2, 0.25) is 0 Å². The van der Waals surface area contributed by atoms with E-state index in [-0.39, 0.29) is 11.2 Å². The van der Waals surface area contributed by atoms with Crippen LogP contribution in [0.4, 0.5) is 0 Å². The van der Waals surface area contributed by atoms with Crippen LogP contribution >= 0.6 is 12.2 Å². The third-order valence-electron chi connectivity index (χ3n) is 2.39. The van der Waals surface area contributed by atoms with Crippen LogP contribution < -0.4 is 5.73 Å². The molecular formula is C7H13NO2S2. The first kappa shape index (κ1) is 9.92. The van der Waals surface area contributed by atoms with Gasteiger partial charge in [-0.3, -0.25) is 0 Å². The summed E-state index contributed by atoms with van der Waals surface area (Å²) in [7, 11) is -2.88. The summed E-state index contributed by atoms with van der Waals surface area (Å²) < 4.78 is 22.2. The highest BCUT2D eigenvalue weighted by Gasteiger charge is 2.32. The van der Waals surface area contributed by atoms with Gasteiger partial charge >= 0.3 is 0 Å². The number of nitrogens with two attached hydrogens (primary N) is 1. The Bertz CT molecular complexity index is 284. The van der Waals surface area contributed by atoms with E-state index in [4.69, 9.17) is 18.0 Å². The molecule has 12 heavy (non-hydrogen) atoms. The summed E-state index contributed by atoms with van der Waals surface area (Å²) in [5.74, 6) is 0.139. The lowest BCUT2D eigenvalue weighted by Gasteiger charge is -2.07. The fraction of sp³-hybridized carbons (Fsp3) is 0.857. The molecule has 1 aliphatic carbocycles. The summed E-state index contributed by atoms with van der Waals surface area (Å²) in [4.78, 5) is 0.459. The first-order valence-corrected chi connectivity index (χ1v) is 6.25. The Kier molecular flexibility index (Phi) is 2.73. The Hall–Kier alpha value is -0.160. The van der Waals surface area contributed by atoms with Gasteiger partial charge < -0.3 is 5.73 Å². The Morgan fingerprint density at radius 2 is 2.08 bits per heavy atom. The molecule has 0 aromatic rings.